The van der Waals surface area contributed by atoms with Crippen molar-refractivity contribution in [3.05, 3.63) is 16.8 Å². The van der Waals surface area contributed by atoms with Crippen LogP contribution in [0.1, 0.15) is 10.4 Å². The summed E-state index contributed by atoms with van der Waals surface area (Å²) >= 11 is 5.76. The van der Waals surface area contributed by atoms with Gasteiger partial charge >= 0.3 is 5.97 Å². The van der Waals surface area contributed by atoms with E-state index in [1.807, 2.05) is 0 Å². The monoisotopic (exact) mass is 241 g/mol. The Bertz CT molecular complexity index is 579. The lowest BCUT2D eigenvalue weighted by Gasteiger charge is -2.03. The standard InChI is InChI=1S/C8H8ClN5O2/c1-11-4-2-3(9)12-7-5(8(15)16)6(10)13-14(4)7/h2,11H,1H3,(H2,10,13)(H,15,16). The van der Waals surface area contributed by atoms with Gasteiger partial charge in [-0.2, -0.15) is 4.52 Å². The number of nitrogen functional groups attached to an aromatic ring is 1. The van der Waals surface area contributed by atoms with Crippen molar-refractivity contribution in [3.8, 4) is 0 Å². The van der Waals surface area contributed by atoms with Crippen molar-refractivity contribution >= 4 is 34.9 Å². The van der Waals surface area contributed by atoms with Gasteiger partial charge in [0.25, 0.3) is 0 Å². The summed E-state index contributed by atoms with van der Waals surface area (Å²) in [7, 11) is 1.66. The number of halogens is 1. The SMILES string of the molecule is CNc1cc(Cl)nc2c(C(=O)O)c(N)nn12. The smallest absolute Gasteiger partial charge is 0.343 e. The number of nitrogens with zero attached hydrogens (tertiary/aromatic N) is 3. The van der Waals surface area contributed by atoms with E-state index < -0.39 is 5.97 Å². The first-order valence-electron chi connectivity index (χ1n) is 4.30. The third-order valence-corrected chi connectivity index (χ3v) is 2.25. The molecule has 0 atom stereocenters. The van der Waals surface area contributed by atoms with Crippen LogP contribution in [0.2, 0.25) is 5.15 Å². The zero-order chi connectivity index (χ0) is 11.9. The topological polar surface area (TPSA) is 106 Å². The number of nitrogens with one attached hydrogen (secondary N) is 1. The lowest BCUT2D eigenvalue weighted by molar-refractivity contribution is 0.0700. The number of aromatic carboxylic acids is 1. The van der Waals surface area contributed by atoms with Crippen LogP contribution in [0.5, 0.6) is 0 Å². The molecule has 2 rings (SSSR count). The van der Waals surface area contributed by atoms with E-state index >= 15 is 0 Å². The highest BCUT2D eigenvalue weighted by Crippen LogP contribution is 2.22. The largest absolute Gasteiger partial charge is 0.477 e. The summed E-state index contributed by atoms with van der Waals surface area (Å²) in [5.41, 5.74) is 5.46. The van der Waals surface area contributed by atoms with E-state index in [1.54, 1.807) is 7.05 Å². The Labute approximate surface area is 94.8 Å². The summed E-state index contributed by atoms with van der Waals surface area (Å²) < 4.78 is 1.30. The molecule has 2 aromatic rings. The predicted molar refractivity (Wildman–Crippen MR) is 58.9 cm³/mol. The molecule has 4 N–H and O–H groups in total. The number of hydrogen-bond acceptors (Lipinski definition) is 5. The molecule has 84 valence electrons. The number of hydrogen-bond donors (Lipinski definition) is 3. The molecule has 8 heteroatoms. The molecular weight excluding hydrogens is 234 g/mol. The second-order valence-corrected chi connectivity index (χ2v) is 3.40. The lowest BCUT2D eigenvalue weighted by Crippen LogP contribution is -2.03. The van der Waals surface area contributed by atoms with Crippen LogP contribution >= 0.6 is 11.6 Å². The first-order chi connectivity index (χ1) is 7.54. The van der Waals surface area contributed by atoms with Crippen molar-refractivity contribution in [2.75, 3.05) is 18.1 Å². The summed E-state index contributed by atoms with van der Waals surface area (Å²) in [6, 6.07) is 1.52. The van der Waals surface area contributed by atoms with Crippen LogP contribution < -0.4 is 11.1 Å². The number of fused-ring (bicyclic) bond motifs is 1. The molecule has 0 saturated heterocycles. The van der Waals surface area contributed by atoms with Crippen LogP contribution in [-0.2, 0) is 0 Å². The van der Waals surface area contributed by atoms with Gasteiger partial charge in [-0.15, -0.1) is 5.10 Å². The Balaban J connectivity index is 2.89. The second kappa shape index (κ2) is 3.53. The number of rotatable bonds is 2. The van der Waals surface area contributed by atoms with Gasteiger partial charge in [0, 0.05) is 13.1 Å². The van der Waals surface area contributed by atoms with Gasteiger partial charge in [0.15, 0.2) is 11.5 Å². The van der Waals surface area contributed by atoms with Crippen LogP contribution in [0.3, 0.4) is 0 Å². The molecule has 2 aromatic heterocycles. The number of anilines is 2. The summed E-state index contributed by atoms with van der Waals surface area (Å²) in [6.45, 7) is 0. The number of carboxylic acid groups (broad SMARTS) is 1. The van der Waals surface area contributed by atoms with E-state index in [9.17, 15) is 4.79 Å². The minimum Gasteiger partial charge on any atom is -0.477 e. The average Bonchev–Trinajstić information content (AvgIpc) is 2.52. The van der Waals surface area contributed by atoms with Crippen molar-refractivity contribution in [1.82, 2.24) is 14.6 Å². The van der Waals surface area contributed by atoms with Crippen molar-refractivity contribution in [2.45, 2.75) is 0 Å². The Morgan fingerprint density at radius 2 is 2.38 bits per heavy atom. The van der Waals surface area contributed by atoms with Crippen LogP contribution in [0.4, 0.5) is 11.6 Å². The quantitative estimate of drug-likeness (QED) is 0.669. The van der Waals surface area contributed by atoms with Gasteiger partial charge in [-0.3, -0.25) is 0 Å². The fourth-order valence-electron chi connectivity index (χ4n) is 1.39. The molecular formula is C8H8ClN5O2. The van der Waals surface area contributed by atoms with Gasteiger partial charge in [0.05, 0.1) is 0 Å². The summed E-state index contributed by atoms with van der Waals surface area (Å²) in [5, 5.41) is 15.8. The van der Waals surface area contributed by atoms with Gasteiger partial charge in [-0.05, 0) is 0 Å². The van der Waals surface area contributed by atoms with Gasteiger partial charge in [0.2, 0.25) is 0 Å². The molecule has 0 aromatic carbocycles. The maximum atomic E-state index is 11.0. The summed E-state index contributed by atoms with van der Waals surface area (Å²) in [4.78, 5) is 14.9. The number of carboxylic acids is 1. The van der Waals surface area contributed by atoms with Crippen LogP contribution in [0.15, 0.2) is 6.07 Å². The maximum Gasteiger partial charge on any atom is 0.343 e. The van der Waals surface area contributed by atoms with Crippen molar-refractivity contribution in [3.63, 3.8) is 0 Å². The number of aromatic nitrogens is 3. The minimum atomic E-state index is -1.19. The third kappa shape index (κ3) is 1.41. The Morgan fingerprint density at radius 1 is 1.69 bits per heavy atom. The van der Waals surface area contributed by atoms with Gasteiger partial charge in [-0.1, -0.05) is 11.6 Å². The van der Waals surface area contributed by atoms with Crippen molar-refractivity contribution in [2.24, 2.45) is 0 Å². The molecule has 0 spiro atoms. The molecule has 0 radical (unpaired) electrons. The van der Waals surface area contributed by atoms with Crippen molar-refractivity contribution < 1.29 is 9.90 Å². The van der Waals surface area contributed by atoms with E-state index in [1.165, 1.54) is 10.6 Å². The average molecular weight is 242 g/mol. The van der Waals surface area contributed by atoms with E-state index in [2.05, 4.69) is 15.4 Å². The molecule has 0 aliphatic carbocycles. The first-order valence-corrected chi connectivity index (χ1v) is 4.68. The Kier molecular flexibility index (Phi) is 2.31. The van der Waals surface area contributed by atoms with E-state index in [4.69, 9.17) is 22.4 Å². The van der Waals surface area contributed by atoms with Crippen molar-refractivity contribution in [1.29, 1.82) is 0 Å². The van der Waals surface area contributed by atoms with E-state index in [-0.39, 0.29) is 22.2 Å². The zero-order valence-electron chi connectivity index (χ0n) is 8.23. The predicted octanol–water partition coefficient (Wildman–Crippen LogP) is 0.705. The van der Waals surface area contributed by atoms with Crippen LogP contribution in [0.25, 0.3) is 5.65 Å². The third-order valence-electron chi connectivity index (χ3n) is 2.05. The summed E-state index contributed by atoms with van der Waals surface area (Å²) in [5.74, 6) is -0.780. The molecule has 16 heavy (non-hydrogen) atoms. The molecule has 0 saturated carbocycles. The highest BCUT2D eigenvalue weighted by Gasteiger charge is 2.20. The molecule has 7 nitrogen and oxygen atoms in total. The molecule has 0 bridgehead atoms. The molecule has 0 amide bonds. The Morgan fingerprint density at radius 3 is 2.94 bits per heavy atom. The normalized spacial score (nSPS) is 10.6. The van der Waals surface area contributed by atoms with E-state index in [0.717, 1.165) is 0 Å². The molecule has 0 unspecified atom stereocenters. The fraction of sp³-hybridized carbons (Fsp3) is 0.125. The van der Waals surface area contributed by atoms with Gasteiger partial charge < -0.3 is 16.2 Å². The first kappa shape index (κ1) is 10.5. The van der Waals surface area contributed by atoms with Crippen LogP contribution in [-0.4, -0.2) is 32.7 Å². The highest BCUT2D eigenvalue weighted by molar-refractivity contribution is 6.29. The van der Waals surface area contributed by atoms with Gasteiger partial charge in [-0.25, -0.2) is 9.78 Å². The lowest BCUT2D eigenvalue weighted by atomic mass is 10.3. The van der Waals surface area contributed by atoms with E-state index in [0.29, 0.717) is 5.82 Å². The zero-order valence-corrected chi connectivity index (χ0v) is 8.99. The molecule has 0 aliphatic rings. The number of carbonyl (C=O) groups is 1. The Hall–Kier alpha value is -2.02. The minimum absolute atomic E-state index is 0.0984. The number of nitrogens with two attached hydrogens (primary N) is 1. The van der Waals surface area contributed by atoms with Crippen LogP contribution in [0, 0.1) is 0 Å². The van der Waals surface area contributed by atoms with Gasteiger partial charge in [0.1, 0.15) is 16.5 Å². The second-order valence-electron chi connectivity index (χ2n) is 3.01. The highest BCUT2D eigenvalue weighted by atomic mass is 35.5. The molecule has 0 aliphatic heterocycles. The fourth-order valence-corrected chi connectivity index (χ4v) is 1.57. The molecule has 2 heterocycles. The maximum absolute atomic E-state index is 11.0. The summed E-state index contributed by atoms with van der Waals surface area (Å²) in [6.07, 6.45) is 0. The molecule has 0 fully saturated rings.